The first kappa shape index (κ1) is 17.2. The van der Waals surface area contributed by atoms with E-state index in [-0.39, 0.29) is 22.0 Å². The lowest BCUT2D eigenvalue weighted by Gasteiger charge is -2.28. The van der Waals surface area contributed by atoms with Crippen LogP contribution in [0.3, 0.4) is 0 Å². The van der Waals surface area contributed by atoms with E-state index >= 15 is 0 Å². The fourth-order valence-corrected chi connectivity index (χ4v) is 4.64. The Morgan fingerprint density at radius 1 is 1.52 bits per heavy atom. The average molecular weight is 398 g/mol. The number of methoxy groups -OCH3 is 1. The maximum absolute atomic E-state index is 12.4. The Balaban J connectivity index is 2.14. The molecule has 0 radical (unpaired) electrons. The zero-order valence-electron chi connectivity index (χ0n) is 11.7. The summed E-state index contributed by atoms with van der Waals surface area (Å²) in [5, 5.41) is 3.52. The van der Waals surface area contributed by atoms with E-state index in [0.717, 1.165) is 23.9 Å². The van der Waals surface area contributed by atoms with Crippen LogP contribution in [0.4, 0.5) is 0 Å². The Kier molecular flexibility index (Phi) is 5.67. The summed E-state index contributed by atoms with van der Waals surface area (Å²) in [6, 6.07) is 4.70. The van der Waals surface area contributed by atoms with Crippen LogP contribution in [0, 0.1) is 0 Å². The van der Waals surface area contributed by atoms with E-state index in [1.165, 1.54) is 6.07 Å². The van der Waals surface area contributed by atoms with E-state index in [2.05, 4.69) is 26.0 Å². The van der Waals surface area contributed by atoms with Crippen molar-refractivity contribution in [3.8, 4) is 0 Å². The number of ether oxygens (including phenoxy) is 1. The number of sulfonamides is 1. The molecule has 0 aliphatic carbocycles. The molecule has 0 spiro atoms. The van der Waals surface area contributed by atoms with Crippen LogP contribution in [0.1, 0.15) is 12.8 Å². The highest BCUT2D eigenvalue weighted by Gasteiger charge is 2.35. The Morgan fingerprint density at radius 3 is 2.86 bits per heavy atom. The molecule has 0 bridgehead atoms. The van der Waals surface area contributed by atoms with Gasteiger partial charge in [-0.1, -0.05) is 27.5 Å². The first-order valence-corrected chi connectivity index (χ1v) is 9.23. The van der Waals surface area contributed by atoms with Crippen LogP contribution >= 0.6 is 27.5 Å². The number of benzene rings is 1. The molecule has 2 rings (SSSR count). The van der Waals surface area contributed by atoms with Crippen molar-refractivity contribution in [1.29, 1.82) is 0 Å². The highest BCUT2D eigenvalue weighted by Crippen LogP contribution is 2.26. The van der Waals surface area contributed by atoms with Gasteiger partial charge in [0.05, 0.1) is 17.2 Å². The molecule has 1 saturated heterocycles. The smallest absolute Gasteiger partial charge is 0.242 e. The second kappa shape index (κ2) is 6.93. The van der Waals surface area contributed by atoms with Gasteiger partial charge in [-0.2, -0.15) is 0 Å². The van der Waals surface area contributed by atoms with Crippen molar-refractivity contribution in [3.63, 3.8) is 0 Å². The van der Waals surface area contributed by atoms with Gasteiger partial charge in [0.1, 0.15) is 4.90 Å². The third-order valence-electron chi connectivity index (χ3n) is 3.54. The van der Waals surface area contributed by atoms with Crippen molar-refractivity contribution in [2.75, 3.05) is 26.8 Å². The SMILES string of the molecule is COCC1(CNS(=O)(=O)c2ccc(Br)cc2Cl)CCCN1. The second-order valence-electron chi connectivity index (χ2n) is 5.14. The van der Waals surface area contributed by atoms with E-state index in [9.17, 15) is 8.42 Å². The van der Waals surface area contributed by atoms with Gasteiger partial charge in [0, 0.05) is 18.1 Å². The van der Waals surface area contributed by atoms with Crippen LogP contribution in [0.2, 0.25) is 5.02 Å². The fourth-order valence-electron chi connectivity index (χ4n) is 2.47. The lowest BCUT2D eigenvalue weighted by molar-refractivity contribution is 0.122. The second-order valence-corrected chi connectivity index (χ2v) is 8.20. The zero-order valence-corrected chi connectivity index (χ0v) is 14.8. The number of hydrogen-bond donors (Lipinski definition) is 2. The molecule has 1 aliphatic rings. The Bertz CT molecular complexity index is 603. The molecule has 0 aromatic heterocycles. The van der Waals surface area contributed by atoms with Gasteiger partial charge in [-0.05, 0) is 37.6 Å². The number of nitrogens with one attached hydrogen (secondary N) is 2. The Hall–Kier alpha value is -0.180. The molecular formula is C13H18BrClN2O3S. The van der Waals surface area contributed by atoms with Crippen molar-refractivity contribution < 1.29 is 13.2 Å². The molecular weight excluding hydrogens is 380 g/mol. The molecule has 1 aromatic carbocycles. The summed E-state index contributed by atoms with van der Waals surface area (Å²) in [4.78, 5) is 0.0814. The summed E-state index contributed by atoms with van der Waals surface area (Å²) >= 11 is 9.27. The first-order valence-electron chi connectivity index (χ1n) is 6.57. The number of hydrogen-bond acceptors (Lipinski definition) is 4. The van der Waals surface area contributed by atoms with Crippen molar-refractivity contribution in [2.45, 2.75) is 23.3 Å². The zero-order chi connectivity index (χ0) is 15.5. The van der Waals surface area contributed by atoms with Gasteiger partial charge in [-0.15, -0.1) is 0 Å². The quantitative estimate of drug-likeness (QED) is 0.772. The van der Waals surface area contributed by atoms with Crippen molar-refractivity contribution in [3.05, 3.63) is 27.7 Å². The predicted octanol–water partition coefficient (Wildman–Crippen LogP) is 2.15. The minimum Gasteiger partial charge on any atom is -0.383 e. The highest BCUT2D eigenvalue weighted by molar-refractivity contribution is 9.10. The Labute approximate surface area is 138 Å². The van der Waals surface area contributed by atoms with Crippen LogP contribution in [-0.2, 0) is 14.8 Å². The van der Waals surface area contributed by atoms with Gasteiger partial charge in [-0.25, -0.2) is 13.1 Å². The topological polar surface area (TPSA) is 67.4 Å². The number of halogens is 2. The molecule has 1 aliphatic heterocycles. The minimum atomic E-state index is -3.65. The standard InChI is InChI=1S/C13H18BrClN2O3S/c1-20-9-13(5-2-6-16-13)8-17-21(18,19)12-4-3-10(14)7-11(12)15/h3-4,7,16-17H,2,5-6,8-9H2,1H3. The molecule has 1 aromatic rings. The third kappa shape index (κ3) is 4.18. The molecule has 1 unspecified atom stereocenters. The molecule has 8 heteroatoms. The predicted molar refractivity (Wildman–Crippen MR) is 86.2 cm³/mol. The molecule has 5 nitrogen and oxygen atoms in total. The van der Waals surface area contributed by atoms with Crippen LogP contribution in [0.25, 0.3) is 0 Å². The van der Waals surface area contributed by atoms with Crippen LogP contribution < -0.4 is 10.0 Å². The molecule has 1 heterocycles. The summed E-state index contributed by atoms with van der Waals surface area (Å²) in [5.74, 6) is 0. The van der Waals surface area contributed by atoms with E-state index in [4.69, 9.17) is 16.3 Å². The Morgan fingerprint density at radius 2 is 2.29 bits per heavy atom. The highest BCUT2D eigenvalue weighted by atomic mass is 79.9. The maximum atomic E-state index is 12.4. The first-order chi connectivity index (χ1) is 9.88. The van der Waals surface area contributed by atoms with Crippen molar-refractivity contribution in [2.24, 2.45) is 0 Å². The van der Waals surface area contributed by atoms with E-state index in [1.807, 2.05) is 0 Å². The van der Waals surface area contributed by atoms with Gasteiger partial charge in [-0.3, -0.25) is 0 Å². The summed E-state index contributed by atoms with van der Waals surface area (Å²) in [6.07, 6.45) is 1.88. The van der Waals surface area contributed by atoms with E-state index in [0.29, 0.717) is 6.61 Å². The summed E-state index contributed by atoms with van der Waals surface area (Å²) < 4.78 is 33.4. The largest absolute Gasteiger partial charge is 0.383 e. The van der Waals surface area contributed by atoms with Gasteiger partial charge in [0.25, 0.3) is 0 Å². The van der Waals surface area contributed by atoms with E-state index in [1.54, 1.807) is 19.2 Å². The van der Waals surface area contributed by atoms with Gasteiger partial charge in [0.15, 0.2) is 0 Å². The molecule has 2 N–H and O–H groups in total. The fraction of sp³-hybridized carbons (Fsp3) is 0.538. The average Bonchev–Trinajstić information content (AvgIpc) is 2.86. The van der Waals surface area contributed by atoms with Gasteiger partial charge in [0.2, 0.25) is 10.0 Å². The summed E-state index contributed by atoms with van der Waals surface area (Å²) in [6.45, 7) is 1.60. The third-order valence-corrected chi connectivity index (χ3v) is 5.91. The molecule has 0 amide bonds. The monoisotopic (exact) mass is 396 g/mol. The molecule has 118 valence electrons. The van der Waals surface area contributed by atoms with Crippen molar-refractivity contribution >= 4 is 37.6 Å². The lowest BCUT2D eigenvalue weighted by Crippen LogP contribution is -2.52. The van der Waals surface area contributed by atoms with Crippen LogP contribution in [0.5, 0.6) is 0 Å². The van der Waals surface area contributed by atoms with Crippen LogP contribution in [0.15, 0.2) is 27.6 Å². The van der Waals surface area contributed by atoms with E-state index < -0.39 is 10.0 Å². The number of rotatable bonds is 6. The summed E-state index contributed by atoms with van der Waals surface area (Å²) in [5.41, 5.74) is -0.344. The summed E-state index contributed by atoms with van der Waals surface area (Å²) in [7, 11) is -2.04. The van der Waals surface area contributed by atoms with Gasteiger partial charge >= 0.3 is 0 Å². The molecule has 1 atom stereocenters. The minimum absolute atomic E-state index is 0.0814. The maximum Gasteiger partial charge on any atom is 0.242 e. The van der Waals surface area contributed by atoms with Gasteiger partial charge < -0.3 is 10.1 Å². The normalized spacial score (nSPS) is 22.6. The van der Waals surface area contributed by atoms with Crippen LogP contribution in [-0.4, -0.2) is 40.8 Å². The van der Waals surface area contributed by atoms with Crippen molar-refractivity contribution in [1.82, 2.24) is 10.0 Å². The molecule has 21 heavy (non-hydrogen) atoms. The molecule has 0 saturated carbocycles. The lowest BCUT2D eigenvalue weighted by atomic mass is 9.99. The molecule has 1 fully saturated rings.